The number of benzene rings is 3. The number of aromatic nitrogens is 3. The van der Waals surface area contributed by atoms with E-state index in [1.807, 2.05) is 26.0 Å². The number of aryl methyl sites for hydroxylation is 2. The van der Waals surface area contributed by atoms with Gasteiger partial charge in [-0.15, -0.1) is 10.2 Å². The lowest BCUT2D eigenvalue weighted by Gasteiger charge is -2.22. The van der Waals surface area contributed by atoms with Crippen LogP contribution < -0.4 is 10.2 Å². The van der Waals surface area contributed by atoms with Gasteiger partial charge in [0.05, 0.1) is 11.3 Å². The van der Waals surface area contributed by atoms with Gasteiger partial charge < -0.3 is 10.2 Å². The molecule has 164 valence electrons. The van der Waals surface area contributed by atoms with Crippen molar-refractivity contribution in [3.05, 3.63) is 77.1 Å². The molecule has 0 spiro atoms. The van der Waals surface area contributed by atoms with Crippen LogP contribution in [0.2, 0.25) is 0 Å². The van der Waals surface area contributed by atoms with Crippen LogP contribution in [0.15, 0.2) is 54.6 Å². The molecule has 0 atom stereocenters. The largest absolute Gasteiger partial charge is 0.372 e. The molecular weight excluding hydrogens is 405 g/mol. The average Bonchev–Trinajstić information content (AvgIpc) is 3.17. The van der Waals surface area contributed by atoms with Crippen molar-refractivity contribution in [1.82, 2.24) is 15.0 Å². The molecule has 6 nitrogen and oxygen atoms in total. The summed E-state index contributed by atoms with van der Waals surface area (Å²) in [6.07, 6.45) is 0. The number of halogens is 1. The van der Waals surface area contributed by atoms with Crippen LogP contribution in [0, 0.1) is 19.7 Å². The molecule has 1 heterocycles. The lowest BCUT2D eigenvalue weighted by Crippen LogP contribution is -2.21. The van der Waals surface area contributed by atoms with Crippen LogP contribution in [0.3, 0.4) is 0 Å². The van der Waals surface area contributed by atoms with E-state index in [0.29, 0.717) is 11.2 Å². The third-order valence-corrected chi connectivity index (χ3v) is 5.62. The molecule has 0 bridgehead atoms. The SMILES string of the molecule is CCN(CC)c1ccc(-n2nc3cc(C)c(NC(=O)c4ccccc4F)cc3n2)c(C)c1. The molecule has 0 saturated carbocycles. The summed E-state index contributed by atoms with van der Waals surface area (Å²) in [6, 6.07) is 15.8. The van der Waals surface area contributed by atoms with Gasteiger partial charge in [-0.1, -0.05) is 12.1 Å². The van der Waals surface area contributed by atoms with Crippen molar-refractivity contribution in [3.8, 4) is 5.69 Å². The van der Waals surface area contributed by atoms with Crippen molar-refractivity contribution in [2.75, 3.05) is 23.3 Å². The van der Waals surface area contributed by atoms with Crippen LogP contribution >= 0.6 is 0 Å². The summed E-state index contributed by atoms with van der Waals surface area (Å²) in [4.78, 5) is 16.4. The van der Waals surface area contributed by atoms with Crippen LogP contribution in [0.4, 0.5) is 15.8 Å². The minimum Gasteiger partial charge on any atom is -0.372 e. The van der Waals surface area contributed by atoms with Gasteiger partial charge >= 0.3 is 0 Å². The molecule has 1 amide bonds. The van der Waals surface area contributed by atoms with Crippen LogP contribution in [-0.2, 0) is 0 Å². The van der Waals surface area contributed by atoms with Gasteiger partial charge in [-0.25, -0.2) is 4.39 Å². The second-order valence-corrected chi connectivity index (χ2v) is 7.72. The summed E-state index contributed by atoms with van der Waals surface area (Å²) in [5, 5.41) is 12.0. The summed E-state index contributed by atoms with van der Waals surface area (Å²) in [5.74, 6) is -1.06. The van der Waals surface area contributed by atoms with E-state index in [1.165, 1.54) is 17.8 Å². The Labute approximate surface area is 186 Å². The molecular formula is C25H26FN5O. The Kier molecular flexibility index (Phi) is 5.90. The molecule has 4 aromatic rings. The Bertz CT molecular complexity index is 1290. The third kappa shape index (κ3) is 4.06. The normalized spacial score (nSPS) is 11.0. The van der Waals surface area contributed by atoms with Gasteiger partial charge in [0.15, 0.2) is 0 Å². The maximum Gasteiger partial charge on any atom is 0.258 e. The van der Waals surface area contributed by atoms with E-state index in [0.717, 1.165) is 35.4 Å². The van der Waals surface area contributed by atoms with Crippen molar-refractivity contribution >= 4 is 28.3 Å². The van der Waals surface area contributed by atoms with Crippen molar-refractivity contribution in [2.24, 2.45) is 0 Å². The number of rotatable bonds is 6. The summed E-state index contributed by atoms with van der Waals surface area (Å²) in [7, 11) is 0. The van der Waals surface area contributed by atoms with Crippen LogP contribution in [0.25, 0.3) is 16.7 Å². The van der Waals surface area contributed by atoms with Crippen molar-refractivity contribution in [1.29, 1.82) is 0 Å². The topological polar surface area (TPSA) is 63.1 Å². The fourth-order valence-electron chi connectivity index (χ4n) is 3.79. The molecule has 1 N–H and O–H groups in total. The Balaban J connectivity index is 1.66. The molecule has 0 aliphatic heterocycles. The number of fused-ring (bicyclic) bond motifs is 1. The van der Waals surface area contributed by atoms with Gasteiger partial charge in [0, 0.05) is 24.5 Å². The molecule has 3 aromatic carbocycles. The Morgan fingerprint density at radius 3 is 2.31 bits per heavy atom. The summed E-state index contributed by atoms with van der Waals surface area (Å²) in [6.45, 7) is 10.1. The maximum atomic E-state index is 14.0. The number of anilines is 2. The first-order chi connectivity index (χ1) is 15.4. The first-order valence-corrected chi connectivity index (χ1v) is 10.7. The van der Waals surface area contributed by atoms with Crippen molar-refractivity contribution in [3.63, 3.8) is 0 Å². The second kappa shape index (κ2) is 8.78. The van der Waals surface area contributed by atoms with E-state index in [9.17, 15) is 9.18 Å². The van der Waals surface area contributed by atoms with Crippen LogP contribution in [0.1, 0.15) is 35.3 Å². The number of carbonyl (C=O) groups excluding carboxylic acids is 1. The molecule has 0 fully saturated rings. The molecule has 4 rings (SSSR count). The zero-order valence-corrected chi connectivity index (χ0v) is 18.7. The van der Waals surface area contributed by atoms with Crippen molar-refractivity contribution < 1.29 is 9.18 Å². The molecule has 0 saturated heterocycles. The van der Waals surface area contributed by atoms with E-state index in [2.05, 4.69) is 46.4 Å². The van der Waals surface area contributed by atoms with E-state index in [4.69, 9.17) is 0 Å². The van der Waals surface area contributed by atoms with Crippen LogP contribution in [-0.4, -0.2) is 34.0 Å². The standard InChI is InChI=1S/C25H26FN5O/c1-5-30(6-2)18-11-12-24(17(4)13-18)31-28-22-14-16(3)21(15-23(22)29-31)27-25(32)19-9-7-8-10-20(19)26/h7-15H,5-6H2,1-4H3,(H,27,32). The predicted octanol–water partition coefficient (Wildman–Crippen LogP) is 5.27. The van der Waals surface area contributed by atoms with Gasteiger partial charge in [-0.05, 0) is 81.3 Å². The van der Waals surface area contributed by atoms with E-state index >= 15 is 0 Å². The van der Waals surface area contributed by atoms with Gasteiger partial charge in [0.25, 0.3) is 5.91 Å². The number of nitrogens with one attached hydrogen (secondary N) is 1. The predicted molar refractivity (Wildman–Crippen MR) is 126 cm³/mol. The quantitative estimate of drug-likeness (QED) is 0.451. The number of hydrogen-bond acceptors (Lipinski definition) is 4. The number of carbonyl (C=O) groups is 1. The summed E-state index contributed by atoms with van der Waals surface area (Å²) in [5.41, 5.74) is 5.90. The highest BCUT2D eigenvalue weighted by Gasteiger charge is 2.15. The van der Waals surface area contributed by atoms with E-state index in [-0.39, 0.29) is 5.56 Å². The number of nitrogens with zero attached hydrogens (tertiary/aromatic N) is 4. The Hall–Kier alpha value is -3.74. The molecule has 0 radical (unpaired) electrons. The lowest BCUT2D eigenvalue weighted by molar-refractivity contribution is 0.102. The summed E-state index contributed by atoms with van der Waals surface area (Å²) >= 11 is 0. The highest BCUT2D eigenvalue weighted by molar-refractivity contribution is 6.05. The molecule has 0 unspecified atom stereocenters. The number of amides is 1. The molecule has 0 aliphatic carbocycles. The molecule has 1 aromatic heterocycles. The molecule has 0 aliphatic rings. The third-order valence-electron chi connectivity index (χ3n) is 5.62. The Morgan fingerprint density at radius 1 is 0.969 bits per heavy atom. The average molecular weight is 432 g/mol. The highest BCUT2D eigenvalue weighted by Crippen LogP contribution is 2.25. The fraction of sp³-hybridized carbons (Fsp3) is 0.240. The fourth-order valence-corrected chi connectivity index (χ4v) is 3.79. The second-order valence-electron chi connectivity index (χ2n) is 7.72. The zero-order valence-electron chi connectivity index (χ0n) is 18.7. The minimum absolute atomic E-state index is 0.000400. The number of hydrogen-bond donors (Lipinski definition) is 1. The van der Waals surface area contributed by atoms with Crippen LogP contribution in [0.5, 0.6) is 0 Å². The maximum absolute atomic E-state index is 14.0. The van der Waals surface area contributed by atoms with Gasteiger partial charge in [-0.3, -0.25) is 4.79 Å². The van der Waals surface area contributed by atoms with Crippen molar-refractivity contribution in [2.45, 2.75) is 27.7 Å². The highest BCUT2D eigenvalue weighted by atomic mass is 19.1. The lowest BCUT2D eigenvalue weighted by atomic mass is 10.1. The Morgan fingerprint density at radius 2 is 1.66 bits per heavy atom. The first kappa shape index (κ1) is 21.5. The first-order valence-electron chi connectivity index (χ1n) is 10.7. The van der Waals surface area contributed by atoms with E-state index in [1.54, 1.807) is 23.0 Å². The minimum atomic E-state index is -0.557. The molecule has 7 heteroatoms. The summed E-state index contributed by atoms with van der Waals surface area (Å²) < 4.78 is 14.0. The van der Waals surface area contributed by atoms with Gasteiger partial charge in [0.2, 0.25) is 0 Å². The van der Waals surface area contributed by atoms with E-state index < -0.39 is 11.7 Å². The monoisotopic (exact) mass is 431 g/mol. The van der Waals surface area contributed by atoms with Gasteiger partial charge in [-0.2, -0.15) is 4.80 Å². The molecule has 32 heavy (non-hydrogen) atoms. The zero-order chi connectivity index (χ0) is 22.8. The van der Waals surface area contributed by atoms with Gasteiger partial charge in [0.1, 0.15) is 16.9 Å². The smallest absolute Gasteiger partial charge is 0.258 e.